The molecule has 7 aromatic rings. The molecule has 0 saturated heterocycles. The maximum atomic E-state index is 2.34. The Hall–Kier alpha value is -2.76. The van der Waals surface area contributed by atoms with Crippen LogP contribution in [-0.4, -0.2) is 12.5 Å². The summed E-state index contributed by atoms with van der Waals surface area (Å²) in [4.78, 5) is 5.26. The van der Waals surface area contributed by atoms with E-state index in [-0.39, 0.29) is 0 Å². The highest BCUT2D eigenvalue weighted by Crippen LogP contribution is 2.43. The van der Waals surface area contributed by atoms with E-state index in [9.17, 15) is 0 Å². The molecule has 0 saturated carbocycles. The van der Waals surface area contributed by atoms with Crippen LogP contribution in [0.5, 0.6) is 0 Å². The van der Waals surface area contributed by atoms with Gasteiger partial charge in [-0.25, -0.2) is 0 Å². The van der Waals surface area contributed by atoms with E-state index in [1.807, 2.05) is 22.7 Å². The van der Waals surface area contributed by atoms with Gasteiger partial charge >= 0.3 is 0 Å². The van der Waals surface area contributed by atoms with Gasteiger partial charge in [0.2, 0.25) is 0 Å². The van der Waals surface area contributed by atoms with E-state index >= 15 is 0 Å². The van der Waals surface area contributed by atoms with Crippen LogP contribution in [0.4, 0.5) is 0 Å². The quantitative estimate of drug-likeness (QED) is 0.163. The second-order valence-electron chi connectivity index (χ2n) is 8.90. The molecule has 36 heavy (non-hydrogen) atoms. The minimum absolute atomic E-state index is 1.29. The minimum Gasteiger partial charge on any atom is -0.135 e. The van der Waals surface area contributed by atoms with Crippen molar-refractivity contribution in [1.82, 2.24) is 0 Å². The summed E-state index contributed by atoms with van der Waals surface area (Å²) in [6, 6.07) is 36.4. The highest BCUT2D eigenvalue weighted by atomic mass is 32.2. The molecule has 0 spiro atoms. The average molecular weight is 535 g/mol. The smallest absolute Gasteiger partial charge is 0.0428 e. The van der Waals surface area contributed by atoms with Crippen molar-refractivity contribution in [2.24, 2.45) is 0 Å². The summed E-state index contributed by atoms with van der Waals surface area (Å²) in [5.41, 5.74) is 2.59. The van der Waals surface area contributed by atoms with Gasteiger partial charge in [0.05, 0.1) is 0 Å². The number of benzene rings is 5. The van der Waals surface area contributed by atoms with Crippen LogP contribution in [0, 0.1) is 0 Å². The first-order chi connectivity index (χ1) is 17.7. The molecule has 0 aliphatic rings. The zero-order valence-corrected chi connectivity index (χ0v) is 23.1. The van der Waals surface area contributed by atoms with Gasteiger partial charge in [0.15, 0.2) is 0 Å². The summed E-state index contributed by atoms with van der Waals surface area (Å²) >= 11 is 7.38. The van der Waals surface area contributed by atoms with Crippen molar-refractivity contribution in [1.29, 1.82) is 0 Å². The Labute approximate surface area is 227 Å². The molecule has 0 atom stereocenters. The van der Waals surface area contributed by atoms with Crippen molar-refractivity contribution >= 4 is 87.9 Å². The Morgan fingerprint density at radius 3 is 1.22 bits per heavy atom. The summed E-state index contributed by atoms with van der Waals surface area (Å²) in [5.74, 6) is 0. The molecule has 0 aliphatic carbocycles. The zero-order valence-electron chi connectivity index (χ0n) is 19.9. The van der Waals surface area contributed by atoms with Crippen LogP contribution in [-0.2, 0) is 0 Å². The standard InChI is InChI=1S/C32H22S4/c1-33-23-9-3-19(4-10-23)29-17-21-7-13-25-26-14-8-22-18-30(20-5-11-24(34-2)12-6-20)36-32(22)28(26)16-15-27(25)31(21)35-29/h3-18H,1-2H3. The molecule has 0 nitrogen and oxygen atoms in total. The van der Waals surface area contributed by atoms with Crippen molar-refractivity contribution in [2.45, 2.75) is 9.79 Å². The number of thioether (sulfide) groups is 2. The van der Waals surface area contributed by atoms with Crippen molar-refractivity contribution in [3.8, 4) is 20.9 Å². The second kappa shape index (κ2) is 8.97. The Morgan fingerprint density at radius 1 is 0.444 bits per heavy atom. The van der Waals surface area contributed by atoms with Gasteiger partial charge in [-0.05, 0) is 81.6 Å². The lowest BCUT2D eigenvalue weighted by Gasteiger charge is -2.06. The summed E-state index contributed by atoms with van der Waals surface area (Å²) < 4.78 is 2.75. The van der Waals surface area contributed by atoms with Gasteiger partial charge in [-0.15, -0.1) is 46.2 Å². The van der Waals surface area contributed by atoms with Gasteiger partial charge in [0, 0.05) is 39.7 Å². The van der Waals surface area contributed by atoms with Crippen LogP contribution in [0.1, 0.15) is 0 Å². The van der Waals surface area contributed by atoms with Gasteiger partial charge in [-0.1, -0.05) is 60.7 Å². The number of fused-ring (bicyclic) bond motifs is 7. The molecule has 0 radical (unpaired) electrons. The van der Waals surface area contributed by atoms with Crippen molar-refractivity contribution < 1.29 is 0 Å². The Bertz CT molecular complexity index is 1750. The van der Waals surface area contributed by atoms with E-state index in [1.54, 1.807) is 23.5 Å². The third-order valence-corrected chi connectivity index (χ3v) is 10.9. The Morgan fingerprint density at radius 2 is 0.833 bits per heavy atom. The average Bonchev–Trinajstić information content (AvgIpc) is 3.58. The van der Waals surface area contributed by atoms with Gasteiger partial charge in [-0.3, -0.25) is 0 Å². The van der Waals surface area contributed by atoms with E-state index < -0.39 is 0 Å². The van der Waals surface area contributed by atoms with E-state index in [1.165, 1.54) is 72.4 Å². The van der Waals surface area contributed by atoms with Gasteiger partial charge in [-0.2, -0.15) is 0 Å². The number of rotatable bonds is 4. The molecule has 2 heterocycles. The Kier molecular flexibility index (Phi) is 5.59. The first kappa shape index (κ1) is 22.4. The molecular weight excluding hydrogens is 513 g/mol. The second-order valence-corrected chi connectivity index (χ2v) is 12.8. The van der Waals surface area contributed by atoms with Crippen molar-refractivity contribution in [3.05, 3.63) is 97.1 Å². The first-order valence-corrected chi connectivity index (χ1v) is 15.9. The van der Waals surface area contributed by atoms with Crippen molar-refractivity contribution in [2.75, 3.05) is 12.5 Å². The molecule has 0 amide bonds. The molecule has 5 aromatic carbocycles. The largest absolute Gasteiger partial charge is 0.135 e. The van der Waals surface area contributed by atoms with Crippen LogP contribution in [0.2, 0.25) is 0 Å². The van der Waals surface area contributed by atoms with Gasteiger partial charge < -0.3 is 0 Å². The minimum atomic E-state index is 1.29. The SMILES string of the molecule is CSc1ccc(-c2cc3ccc4c5ccc6cc(-c7ccc(SC)cc7)sc6c5ccc4c3s2)cc1. The third kappa shape index (κ3) is 3.67. The topological polar surface area (TPSA) is 0 Å². The van der Waals surface area contributed by atoms with E-state index in [0.29, 0.717) is 0 Å². The maximum absolute atomic E-state index is 2.34. The van der Waals surface area contributed by atoms with Crippen LogP contribution >= 0.6 is 46.2 Å². The molecular formula is C32H22S4. The van der Waals surface area contributed by atoms with Gasteiger partial charge in [0.1, 0.15) is 0 Å². The highest BCUT2D eigenvalue weighted by molar-refractivity contribution is 7.98. The molecule has 174 valence electrons. The number of thiophene rings is 2. The molecule has 4 heteroatoms. The fraction of sp³-hybridized carbons (Fsp3) is 0.0625. The lowest BCUT2D eigenvalue weighted by Crippen LogP contribution is -1.78. The molecule has 0 unspecified atom stereocenters. The maximum Gasteiger partial charge on any atom is 0.0428 e. The predicted molar refractivity (Wildman–Crippen MR) is 167 cm³/mol. The van der Waals surface area contributed by atoms with E-state index in [2.05, 4.69) is 110 Å². The summed E-state index contributed by atoms with van der Waals surface area (Å²) in [5, 5.41) is 8.02. The van der Waals surface area contributed by atoms with Crippen LogP contribution in [0.25, 0.3) is 62.6 Å². The molecule has 0 fully saturated rings. The first-order valence-electron chi connectivity index (χ1n) is 11.8. The molecule has 7 rings (SSSR count). The monoisotopic (exact) mass is 534 g/mol. The lowest BCUT2D eigenvalue weighted by atomic mass is 9.99. The third-order valence-electron chi connectivity index (χ3n) is 6.91. The number of hydrogen-bond acceptors (Lipinski definition) is 4. The van der Waals surface area contributed by atoms with E-state index in [4.69, 9.17) is 0 Å². The highest BCUT2D eigenvalue weighted by Gasteiger charge is 2.13. The molecule has 0 bridgehead atoms. The van der Waals surface area contributed by atoms with Crippen LogP contribution in [0.3, 0.4) is 0 Å². The van der Waals surface area contributed by atoms with E-state index in [0.717, 1.165) is 0 Å². The fourth-order valence-electron chi connectivity index (χ4n) is 5.01. The summed E-state index contributed by atoms with van der Waals surface area (Å²) in [6.45, 7) is 0. The fourth-order valence-corrected chi connectivity index (χ4v) is 8.21. The van der Waals surface area contributed by atoms with Crippen LogP contribution in [0.15, 0.2) is 107 Å². The zero-order chi connectivity index (χ0) is 24.2. The van der Waals surface area contributed by atoms with Gasteiger partial charge in [0.25, 0.3) is 0 Å². The number of hydrogen-bond donors (Lipinski definition) is 0. The molecule has 2 aromatic heterocycles. The normalized spacial score (nSPS) is 11.8. The van der Waals surface area contributed by atoms with Crippen LogP contribution < -0.4 is 0 Å². The Balaban J connectivity index is 1.38. The lowest BCUT2D eigenvalue weighted by molar-refractivity contribution is 1.47. The predicted octanol–water partition coefficient (Wildman–Crippen LogP) is 11.2. The molecule has 0 N–H and O–H groups in total. The van der Waals surface area contributed by atoms with Crippen molar-refractivity contribution in [3.63, 3.8) is 0 Å². The molecule has 0 aliphatic heterocycles. The summed E-state index contributed by atoms with van der Waals surface area (Å²) in [6.07, 6.45) is 4.25. The summed E-state index contributed by atoms with van der Waals surface area (Å²) in [7, 11) is 0.